The summed E-state index contributed by atoms with van der Waals surface area (Å²) in [5, 5.41) is 14.2. The van der Waals surface area contributed by atoms with Crippen LogP contribution in [0.5, 0.6) is 0 Å². The molecule has 2 N–H and O–H groups in total. The first-order valence-corrected chi connectivity index (χ1v) is 7.53. The van der Waals surface area contributed by atoms with E-state index in [-0.39, 0.29) is 0 Å². The standard InChI is InChI=1S/C16H24N2O/c19-16(8-4-1-5-9-16)13-18-11-10-17-12-14-6-2-3-7-15(14)18/h2-3,6-7,17,19H,1,4-5,8-13H2. The summed E-state index contributed by atoms with van der Waals surface area (Å²) < 4.78 is 0. The van der Waals surface area contributed by atoms with Crippen LogP contribution >= 0.6 is 0 Å². The Balaban J connectivity index is 1.80. The molecule has 104 valence electrons. The van der Waals surface area contributed by atoms with Crippen molar-refractivity contribution in [2.24, 2.45) is 0 Å². The van der Waals surface area contributed by atoms with Crippen molar-refractivity contribution in [3.8, 4) is 0 Å². The van der Waals surface area contributed by atoms with Gasteiger partial charge in [0.05, 0.1) is 5.60 Å². The molecule has 3 rings (SSSR count). The van der Waals surface area contributed by atoms with Gasteiger partial charge in [0.15, 0.2) is 0 Å². The number of nitrogens with one attached hydrogen (secondary N) is 1. The number of aliphatic hydroxyl groups is 1. The van der Waals surface area contributed by atoms with Crippen LogP contribution in [-0.4, -0.2) is 30.3 Å². The Hall–Kier alpha value is -1.06. The van der Waals surface area contributed by atoms with E-state index in [4.69, 9.17) is 0 Å². The third kappa shape index (κ3) is 2.93. The summed E-state index contributed by atoms with van der Waals surface area (Å²) in [6.45, 7) is 3.70. The second-order valence-electron chi connectivity index (χ2n) is 6.01. The number of rotatable bonds is 2. The van der Waals surface area contributed by atoms with Gasteiger partial charge in [0.2, 0.25) is 0 Å². The highest BCUT2D eigenvalue weighted by molar-refractivity contribution is 5.54. The van der Waals surface area contributed by atoms with Crippen LogP contribution in [0.1, 0.15) is 37.7 Å². The molecule has 0 aromatic heterocycles. The van der Waals surface area contributed by atoms with Gasteiger partial charge < -0.3 is 15.3 Å². The van der Waals surface area contributed by atoms with Gasteiger partial charge in [-0.1, -0.05) is 37.5 Å². The van der Waals surface area contributed by atoms with E-state index >= 15 is 0 Å². The summed E-state index contributed by atoms with van der Waals surface area (Å²) in [6, 6.07) is 8.57. The molecule has 0 atom stereocenters. The van der Waals surface area contributed by atoms with Gasteiger partial charge in [-0.2, -0.15) is 0 Å². The first kappa shape index (κ1) is 12.9. The molecular formula is C16H24N2O. The maximum atomic E-state index is 10.8. The van der Waals surface area contributed by atoms with Gasteiger partial charge >= 0.3 is 0 Å². The van der Waals surface area contributed by atoms with E-state index in [0.29, 0.717) is 0 Å². The molecule has 1 aliphatic carbocycles. The zero-order valence-corrected chi connectivity index (χ0v) is 11.6. The Kier molecular flexibility index (Phi) is 3.76. The van der Waals surface area contributed by atoms with E-state index in [2.05, 4.69) is 34.5 Å². The van der Waals surface area contributed by atoms with Crippen LogP contribution in [0.15, 0.2) is 24.3 Å². The van der Waals surface area contributed by atoms with Gasteiger partial charge in [0.1, 0.15) is 0 Å². The molecule has 1 fully saturated rings. The third-order valence-electron chi connectivity index (χ3n) is 4.48. The minimum Gasteiger partial charge on any atom is -0.388 e. The molecule has 0 amide bonds. The Morgan fingerprint density at radius 3 is 2.79 bits per heavy atom. The smallest absolute Gasteiger partial charge is 0.0821 e. The fraction of sp³-hybridized carbons (Fsp3) is 0.625. The summed E-state index contributed by atoms with van der Waals surface area (Å²) in [4.78, 5) is 2.38. The van der Waals surface area contributed by atoms with E-state index in [9.17, 15) is 5.11 Å². The van der Waals surface area contributed by atoms with Crippen LogP contribution in [0.3, 0.4) is 0 Å². The van der Waals surface area contributed by atoms with Crippen molar-refractivity contribution >= 4 is 5.69 Å². The number of benzene rings is 1. The summed E-state index contributed by atoms with van der Waals surface area (Å²) in [5.74, 6) is 0. The highest BCUT2D eigenvalue weighted by Gasteiger charge is 2.32. The second kappa shape index (κ2) is 5.51. The molecule has 0 saturated heterocycles. The molecule has 1 saturated carbocycles. The van der Waals surface area contributed by atoms with Crippen molar-refractivity contribution in [2.75, 3.05) is 24.5 Å². The second-order valence-corrected chi connectivity index (χ2v) is 6.01. The largest absolute Gasteiger partial charge is 0.388 e. The van der Waals surface area contributed by atoms with Crippen molar-refractivity contribution in [2.45, 2.75) is 44.2 Å². The van der Waals surface area contributed by atoms with Crippen LogP contribution < -0.4 is 10.2 Å². The maximum Gasteiger partial charge on any atom is 0.0821 e. The highest BCUT2D eigenvalue weighted by Crippen LogP contribution is 2.31. The number of anilines is 1. The lowest BCUT2D eigenvalue weighted by molar-refractivity contribution is 0.0111. The van der Waals surface area contributed by atoms with Gasteiger partial charge in [-0.25, -0.2) is 0 Å². The molecule has 2 aliphatic rings. The molecule has 0 radical (unpaired) electrons. The predicted octanol–water partition coefficient (Wildman–Crippen LogP) is 2.29. The minimum absolute atomic E-state index is 0.476. The zero-order valence-electron chi connectivity index (χ0n) is 11.6. The molecule has 1 aliphatic heterocycles. The summed E-state index contributed by atoms with van der Waals surface area (Å²) >= 11 is 0. The molecule has 0 unspecified atom stereocenters. The minimum atomic E-state index is -0.476. The number of para-hydroxylation sites is 1. The fourth-order valence-corrected chi connectivity index (χ4v) is 3.41. The van der Waals surface area contributed by atoms with Gasteiger partial charge in [-0.15, -0.1) is 0 Å². The van der Waals surface area contributed by atoms with Crippen molar-refractivity contribution in [1.29, 1.82) is 0 Å². The number of β-amino-alcohol motifs (C(OH)–C–C–N with tert-alkyl or cyclic N) is 1. The molecule has 1 aromatic carbocycles. The summed E-state index contributed by atoms with van der Waals surface area (Å²) in [7, 11) is 0. The first-order chi connectivity index (χ1) is 9.27. The highest BCUT2D eigenvalue weighted by atomic mass is 16.3. The van der Waals surface area contributed by atoms with Gasteiger partial charge in [0.25, 0.3) is 0 Å². The van der Waals surface area contributed by atoms with Crippen molar-refractivity contribution in [3.63, 3.8) is 0 Å². The maximum absolute atomic E-state index is 10.8. The molecule has 0 spiro atoms. The van der Waals surface area contributed by atoms with Crippen molar-refractivity contribution < 1.29 is 5.11 Å². The van der Waals surface area contributed by atoms with E-state index in [0.717, 1.165) is 39.0 Å². The van der Waals surface area contributed by atoms with Crippen LogP contribution in [-0.2, 0) is 6.54 Å². The Morgan fingerprint density at radius 1 is 1.16 bits per heavy atom. The van der Waals surface area contributed by atoms with Crippen LogP contribution in [0.25, 0.3) is 0 Å². The average molecular weight is 260 g/mol. The molecule has 0 bridgehead atoms. The van der Waals surface area contributed by atoms with Crippen LogP contribution in [0.4, 0.5) is 5.69 Å². The average Bonchev–Trinajstić information content (AvgIpc) is 2.62. The lowest BCUT2D eigenvalue weighted by atomic mass is 9.84. The number of fused-ring (bicyclic) bond motifs is 1. The predicted molar refractivity (Wildman–Crippen MR) is 78.4 cm³/mol. The number of hydrogen-bond acceptors (Lipinski definition) is 3. The SMILES string of the molecule is OC1(CN2CCNCc3ccccc32)CCCCC1. The van der Waals surface area contributed by atoms with E-state index < -0.39 is 5.60 Å². The zero-order chi connectivity index (χ0) is 13.1. The van der Waals surface area contributed by atoms with Crippen LogP contribution in [0, 0.1) is 0 Å². The van der Waals surface area contributed by atoms with Crippen molar-refractivity contribution in [1.82, 2.24) is 5.32 Å². The summed E-state index contributed by atoms with van der Waals surface area (Å²) in [6.07, 6.45) is 5.53. The Morgan fingerprint density at radius 2 is 1.95 bits per heavy atom. The summed E-state index contributed by atoms with van der Waals surface area (Å²) in [5.41, 5.74) is 2.17. The van der Waals surface area contributed by atoms with E-state index in [1.807, 2.05) is 0 Å². The lowest BCUT2D eigenvalue weighted by Gasteiger charge is -2.38. The molecule has 19 heavy (non-hydrogen) atoms. The molecule has 1 aromatic rings. The quantitative estimate of drug-likeness (QED) is 0.856. The molecule has 3 heteroatoms. The normalized spacial score (nSPS) is 22.7. The first-order valence-electron chi connectivity index (χ1n) is 7.53. The fourth-order valence-electron chi connectivity index (χ4n) is 3.41. The van der Waals surface area contributed by atoms with E-state index in [1.54, 1.807) is 0 Å². The van der Waals surface area contributed by atoms with Crippen LogP contribution in [0.2, 0.25) is 0 Å². The monoisotopic (exact) mass is 260 g/mol. The number of nitrogens with zero attached hydrogens (tertiary/aromatic N) is 1. The van der Waals surface area contributed by atoms with Crippen molar-refractivity contribution in [3.05, 3.63) is 29.8 Å². The van der Waals surface area contributed by atoms with E-state index in [1.165, 1.54) is 30.5 Å². The Labute approximate surface area is 115 Å². The molecule has 3 nitrogen and oxygen atoms in total. The topological polar surface area (TPSA) is 35.5 Å². The Bertz CT molecular complexity index is 427. The lowest BCUT2D eigenvalue weighted by Crippen LogP contribution is -2.45. The molecular weight excluding hydrogens is 236 g/mol. The van der Waals surface area contributed by atoms with Gasteiger partial charge in [-0.05, 0) is 24.5 Å². The number of hydrogen-bond donors (Lipinski definition) is 2. The third-order valence-corrected chi connectivity index (χ3v) is 4.48. The van der Waals surface area contributed by atoms with Gasteiger partial charge in [-0.3, -0.25) is 0 Å². The molecule has 1 heterocycles. The van der Waals surface area contributed by atoms with Gasteiger partial charge in [0, 0.05) is 31.9 Å².